The lowest BCUT2D eigenvalue weighted by molar-refractivity contribution is -0.123. The van der Waals surface area contributed by atoms with E-state index in [4.69, 9.17) is 4.74 Å². The number of hydrogen-bond donors (Lipinski definition) is 1. The van der Waals surface area contributed by atoms with Crippen LogP contribution in [0.2, 0.25) is 0 Å². The Morgan fingerprint density at radius 1 is 1.29 bits per heavy atom. The summed E-state index contributed by atoms with van der Waals surface area (Å²) in [5.74, 6) is 0.868. The van der Waals surface area contributed by atoms with Gasteiger partial charge < -0.3 is 14.6 Å². The number of ether oxygens (including phenoxy) is 1. The molecule has 0 aliphatic heterocycles. The van der Waals surface area contributed by atoms with Gasteiger partial charge in [-0.25, -0.2) is 0 Å². The highest BCUT2D eigenvalue weighted by Gasteiger charge is 2.15. The van der Waals surface area contributed by atoms with Gasteiger partial charge in [-0.3, -0.25) is 4.79 Å². The zero-order valence-corrected chi connectivity index (χ0v) is 13.4. The Labute approximate surface area is 126 Å². The normalized spacial score (nSPS) is 11.9. The molecule has 4 nitrogen and oxygen atoms in total. The van der Waals surface area contributed by atoms with Crippen molar-refractivity contribution in [2.45, 2.75) is 52.8 Å². The van der Waals surface area contributed by atoms with Gasteiger partial charge in [0, 0.05) is 17.1 Å². The second kappa shape index (κ2) is 5.80. The Balaban J connectivity index is 2.24. The van der Waals surface area contributed by atoms with Crippen LogP contribution in [0.1, 0.15) is 34.6 Å². The highest BCUT2D eigenvalue weighted by atomic mass is 16.5. The Morgan fingerprint density at radius 2 is 2.00 bits per heavy atom. The highest BCUT2D eigenvalue weighted by Crippen LogP contribution is 2.27. The fourth-order valence-electron chi connectivity index (χ4n) is 2.30. The number of carbonyl (C=O) groups excluding carboxylic acids is 1. The Bertz CT molecular complexity index is 636. The average Bonchev–Trinajstić information content (AvgIpc) is 2.70. The van der Waals surface area contributed by atoms with E-state index in [-0.39, 0.29) is 17.6 Å². The first kappa shape index (κ1) is 15.4. The lowest BCUT2D eigenvalue weighted by atomic mass is 10.1. The number of nitrogens with zero attached hydrogens (tertiary/aromatic N) is 1. The van der Waals surface area contributed by atoms with Gasteiger partial charge in [-0.15, -0.1) is 0 Å². The van der Waals surface area contributed by atoms with E-state index in [1.54, 1.807) is 0 Å². The molecule has 114 valence electrons. The maximum absolute atomic E-state index is 12.1. The van der Waals surface area contributed by atoms with Crippen LogP contribution in [-0.4, -0.2) is 22.1 Å². The first-order valence-corrected chi connectivity index (χ1v) is 7.32. The minimum atomic E-state index is -0.216. The first-order chi connectivity index (χ1) is 9.76. The second-order valence-corrected chi connectivity index (χ2v) is 6.60. The van der Waals surface area contributed by atoms with Crippen molar-refractivity contribution in [1.82, 2.24) is 9.88 Å². The molecule has 2 rings (SSSR count). The Morgan fingerprint density at radius 3 is 2.62 bits per heavy atom. The van der Waals surface area contributed by atoms with E-state index in [1.807, 2.05) is 69.6 Å². The molecule has 1 N–H and O–H groups in total. The number of fused-ring (bicyclic) bond motifs is 1. The second-order valence-electron chi connectivity index (χ2n) is 6.60. The van der Waals surface area contributed by atoms with E-state index in [9.17, 15) is 4.79 Å². The molecule has 4 heteroatoms. The highest BCUT2D eigenvalue weighted by molar-refractivity contribution is 5.88. The van der Waals surface area contributed by atoms with Gasteiger partial charge in [0.15, 0.2) is 0 Å². The molecule has 0 bridgehead atoms. The maximum Gasteiger partial charge on any atom is 0.240 e. The molecule has 1 aromatic carbocycles. The number of rotatable bonds is 4. The molecule has 0 spiro atoms. The fraction of sp³-hybridized carbons (Fsp3) is 0.471. The van der Waals surface area contributed by atoms with E-state index in [0.717, 1.165) is 16.7 Å². The van der Waals surface area contributed by atoms with Crippen LogP contribution in [0.5, 0.6) is 5.75 Å². The lowest BCUT2D eigenvalue weighted by Crippen LogP contribution is -2.42. The molecule has 21 heavy (non-hydrogen) atoms. The minimum absolute atomic E-state index is 0.00943. The molecule has 1 amide bonds. The van der Waals surface area contributed by atoms with Crippen LogP contribution in [0.15, 0.2) is 30.5 Å². The summed E-state index contributed by atoms with van der Waals surface area (Å²) in [4.78, 5) is 12.1. The zero-order chi connectivity index (χ0) is 15.6. The van der Waals surface area contributed by atoms with Gasteiger partial charge in [0.25, 0.3) is 0 Å². The molecule has 1 aromatic heterocycles. The third-order valence-corrected chi connectivity index (χ3v) is 2.96. The summed E-state index contributed by atoms with van der Waals surface area (Å²) in [5.41, 5.74) is 0.795. The smallest absolute Gasteiger partial charge is 0.240 e. The third kappa shape index (κ3) is 4.00. The quantitative estimate of drug-likeness (QED) is 0.937. The van der Waals surface area contributed by atoms with E-state index in [0.29, 0.717) is 6.54 Å². The largest absolute Gasteiger partial charge is 0.490 e. The van der Waals surface area contributed by atoms with Crippen LogP contribution < -0.4 is 10.1 Å². The molecule has 0 aliphatic rings. The fourth-order valence-corrected chi connectivity index (χ4v) is 2.30. The van der Waals surface area contributed by atoms with Gasteiger partial charge in [-0.2, -0.15) is 0 Å². The van der Waals surface area contributed by atoms with Crippen LogP contribution in [0.25, 0.3) is 10.9 Å². The Kier molecular flexibility index (Phi) is 4.26. The van der Waals surface area contributed by atoms with E-state index in [2.05, 4.69) is 5.32 Å². The van der Waals surface area contributed by atoms with Crippen molar-refractivity contribution in [3.63, 3.8) is 0 Å². The third-order valence-electron chi connectivity index (χ3n) is 2.96. The van der Waals surface area contributed by atoms with Crippen LogP contribution in [-0.2, 0) is 11.3 Å². The molecule has 0 atom stereocenters. The van der Waals surface area contributed by atoms with Crippen LogP contribution in [0, 0.1) is 0 Å². The number of aromatic nitrogens is 1. The molecule has 1 heterocycles. The van der Waals surface area contributed by atoms with Crippen molar-refractivity contribution < 1.29 is 9.53 Å². The summed E-state index contributed by atoms with van der Waals surface area (Å²) < 4.78 is 7.76. The number of nitrogens with one attached hydrogen (secondary N) is 1. The summed E-state index contributed by atoms with van der Waals surface area (Å²) >= 11 is 0. The predicted molar refractivity (Wildman–Crippen MR) is 85.6 cm³/mol. The number of carbonyl (C=O) groups is 1. The van der Waals surface area contributed by atoms with Gasteiger partial charge in [0.05, 0.1) is 11.6 Å². The van der Waals surface area contributed by atoms with Gasteiger partial charge in [-0.05, 0) is 52.8 Å². The van der Waals surface area contributed by atoms with Crippen LogP contribution in [0.3, 0.4) is 0 Å². The SMILES string of the molecule is CC(C)Oc1cccc2c1ccn2CC(=O)NC(C)(C)C. The number of amides is 1. The number of hydrogen-bond acceptors (Lipinski definition) is 2. The van der Waals surface area contributed by atoms with E-state index in [1.165, 1.54) is 0 Å². The van der Waals surface area contributed by atoms with Crippen LogP contribution >= 0.6 is 0 Å². The average molecular weight is 288 g/mol. The molecular weight excluding hydrogens is 264 g/mol. The molecule has 0 radical (unpaired) electrons. The van der Waals surface area contributed by atoms with Crippen LogP contribution in [0.4, 0.5) is 0 Å². The Hall–Kier alpha value is -1.97. The summed E-state index contributed by atoms with van der Waals surface area (Å²) in [6.07, 6.45) is 2.06. The van der Waals surface area contributed by atoms with Crippen molar-refractivity contribution in [2.24, 2.45) is 0 Å². The van der Waals surface area contributed by atoms with E-state index >= 15 is 0 Å². The first-order valence-electron chi connectivity index (χ1n) is 7.32. The van der Waals surface area contributed by atoms with Gasteiger partial charge in [-0.1, -0.05) is 6.07 Å². The maximum atomic E-state index is 12.1. The standard InChI is InChI=1S/C17H24N2O2/c1-12(2)21-15-8-6-7-14-13(15)9-10-19(14)11-16(20)18-17(3,4)5/h6-10,12H,11H2,1-5H3,(H,18,20). The van der Waals surface area contributed by atoms with Crippen molar-refractivity contribution in [2.75, 3.05) is 0 Å². The monoisotopic (exact) mass is 288 g/mol. The summed E-state index contributed by atoms with van der Waals surface area (Å²) in [7, 11) is 0. The van der Waals surface area contributed by atoms with Gasteiger partial charge >= 0.3 is 0 Å². The topological polar surface area (TPSA) is 43.3 Å². The molecule has 0 aliphatic carbocycles. The summed E-state index contributed by atoms with van der Waals surface area (Å²) in [5, 5.41) is 4.01. The lowest BCUT2D eigenvalue weighted by Gasteiger charge is -2.20. The zero-order valence-electron chi connectivity index (χ0n) is 13.4. The van der Waals surface area contributed by atoms with Crippen molar-refractivity contribution in [3.05, 3.63) is 30.5 Å². The van der Waals surface area contributed by atoms with Crippen molar-refractivity contribution in [1.29, 1.82) is 0 Å². The molecule has 2 aromatic rings. The molecule has 0 fully saturated rings. The van der Waals surface area contributed by atoms with E-state index < -0.39 is 0 Å². The van der Waals surface area contributed by atoms with Gasteiger partial charge in [0.1, 0.15) is 12.3 Å². The minimum Gasteiger partial charge on any atom is -0.490 e. The predicted octanol–water partition coefficient (Wildman–Crippen LogP) is 3.34. The summed E-state index contributed by atoms with van der Waals surface area (Å²) in [6, 6.07) is 7.92. The molecule has 0 unspecified atom stereocenters. The number of benzene rings is 1. The van der Waals surface area contributed by atoms with Crippen molar-refractivity contribution in [3.8, 4) is 5.75 Å². The molecule has 0 saturated carbocycles. The summed E-state index contributed by atoms with van der Waals surface area (Å²) in [6.45, 7) is 10.3. The van der Waals surface area contributed by atoms with Crippen molar-refractivity contribution >= 4 is 16.8 Å². The van der Waals surface area contributed by atoms with Gasteiger partial charge in [0.2, 0.25) is 5.91 Å². The molecule has 0 saturated heterocycles. The molecular formula is C17H24N2O2.